The van der Waals surface area contributed by atoms with Gasteiger partial charge in [0.2, 0.25) is 0 Å². The van der Waals surface area contributed by atoms with E-state index in [4.69, 9.17) is 22.1 Å². The van der Waals surface area contributed by atoms with Crippen LogP contribution in [0.4, 0.5) is 0 Å². The third kappa shape index (κ3) is 0.958. The zero-order valence-electron chi connectivity index (χ0n) is 5.47. The van der Waals surface area contributed by atoms with Crippen LogP contribution in [-0.4, -0.2) is 4.87 Å². The topological polar surface area (TPSA) is 47.6 Å². The van der Waals surface area contributed by atoms with Gasteiger partial charge in [-0.2, -0.15) is 10.5 Å². The van der Waals surface area contributed by atoms with Crippen molar-refractivity contribution in [2.24, 2.45) is 5.92 Å². The van der Waals surface area contributed by atoms with Gasteiger partial charge in [0.15, 0.2) is 0 Å². The summed E-state index contributed by atoms with van der Waals surface area (Å²) in [5.74, 6) is -0.265. The maximum Gasteiger partial charge on any atom is 0.146 e. The van der Waals surface area contributed by atoms with Crippen LogP contribution in [0.15, 0.2) is 0 Å². The monoisotopic (exact) mass is 154 g/mol. The first-order chi connectivity index (χ1) is 4.73. The number of hydrogen-bond acceptors (Lipinski definition) is 2. The molecule has 0 heterocycles. The van der Waals surface area contributed by atoms with Crippen LogP contribution in [0.5, 0.6) is 0 Å². The Morgan fingerprint density at radius 3 is 2.60 bits per heavy atom. The summed E-state index contributed by atoms with van der Waals surface area (Å²) in [6, 6.07) is 4.04. The average molecular weight is 155 g/mol. The molecule has 0 amide bonds. The molecule has 0 bridgehead atoms. The second-order valence-electron chi connectivity index (χ2n) is 2.55. The highest BCUT2D eigenvalue weighted by molar-refractivity contribution is 6.26. The maximum absolute atomic E-state index is 8.59. The summed E-state index contributed by atoms with van der Waals surface area (Å²) in [4.78, 5) is -0.880. The third-order valence-corrected chi connectivity index (χ3v) is 2.46. The van der Waals surface area contributed by atoms with Gasteiger partial charge in [0, 0.05) is 0 Å². The average Bonchev–Trinajstić information content (AvgIpc) is 2.32. The van der Waals surface area contributed by atoms with Crippen molar-refractivity contribution in [1.29, 1.82) is 10.5 Å². The Kier molecular flexibility index (Phi) is 1.83. The van der Waals surface area contributed by atoms with Gasteiger partial charge in [-0.25, -0.2) is 0 Å². The largest absolute Gasteiger partial charge is 0.198 e. The summed E-state index contributed by atoms with van der Waals surface area (Å²) in [5.41, 5.74) is 0. The van der Waals surface area contributed by atoms with Crippen LogP contribution in [-0.2, 0) is 0 Å². The van der Waals surface area contributed by atoms with E-state index < -0.39 is 4.87 Å². The second-order valence-corrected chi connectivity index (χ2v) is 3.22. The van der Waals surface area contributed by atoms with Crippen molar-refractivity contribution in [3.63, 3.8) is 0 Å². The highest BCUT2D eigenvalue weighted by Crippen LogP contribution is 2.39. The van der Waals surface area contributed by atoms with Crippen molar-refractivity contribution < 1.29 is 0 Å². The smallest absolute Gasteiger partial charge is 0.146 e. The van der Waals surface area contributed by atoms with E-state index in [1.54, 1.807) is 0 Å². The van der Waals surface area contributed by atoms with Crippen LogP contribution < -0.4 is 0 Å². The third-order valence-electron chi connectivity index (χ3n) is 1.93. The molecule has 10 heavy (non-hydrogen) atoms. The van der Waals surface area contributed by atoms with Gasteiger partial charge < -0.3 is 0 Å². The van der Waals surface area contributed by atoms with Crippen molar-refractivity contribution >= 4 is 11.6 Å². The standard InChI is InChI=1S/C7H7ClN2/c8-7(5-10)3-1-2-6(7)4-9/h6H,1-3H2. The van der Waals surface area contributed by atoms with Crippen LogP contribution in [0.2, 0.25) is 0 Å². The lowest BCUT2D eigenvalue weighted by atomic mass is 9.98. The molecule has 2 atom stereocenters. The molecule has 1 fully saturated rings. The lowest BCUT2D eigenvalue weighted by Crippen LogP contribution is -2.22. The molecule has 1 aliphatic carbocycles. The number of nitrogens with zero attached hydrogens (tertiary/aromatic N) is 2. The minimum absolute atomic E-state index is 0.265. The van der Waals surface area contributed by atoms with E-state index in [1.807, 2.05) is 6.07 Å². The van der Waals surface area contributed by atoms with Gasteiger partial charge in [-0.1, -0.05) is 0 Å². The Hall–Kier alpha value is -0.730. The predicted octanol–water partition coefficient (Wildman–Crippen LogP) is 1.81. The van der Waals surface area contributed by atoms with Crippen LogP contribution >= 0.6 is 11.6 Å². The lowest BCUT2D eigenvalue weighted by Gasteiger charge is -2.13. The second kappa shape index (κ2) is 2.48. The van der Waals surface area contributed by atoms with Crippen molar-refractivity contribution in [1.82, 2.24) is 0 Å². The summed E-state index contributed by atoms with van der Waals surface area (Å²) >= 11 is 5.84. The minimum atomic E-state index is -0.880. The summed E-state index contributed by atoms with van der Waals surface area (Å²) < 4.78 is 0. The first-order valence-electron chi connectivity index (χ1n) is 3.23. The van der Waals surface area contributed by atoms with Crippen LogP contribution in [0.25, 0.3) is 0 Å². The van der Waals surface area contributed by atoms with E-state index in [2.05, 4.69) is 6.07 Å². The Morgan fingerprint density at radius 2 is 2.20 bits per heavy atom. The van der Waals surface area contributed by atoms with Crippen LogP contribution in [0.1, 0.15) is 19.3 Å². The minimum Gasteiger partial charge on any atom is -0.198 e. The van der Waals surface area contributed by atoms with Crippen molar-refractivity contribution in [3.8, 4) is 12.1 Å². The van der Waals surface area contributed by atoms with Crippen LogP contribution in [0, 0.1) is 28.6 Å². The van der Waals surface area contributed by atoms with Crippen molar-refractivity contribution in [2.45, 2.75) is 24.1 Å². The van der Waals surface area contributed by atoms with Crippen molar-refractivity contribution in [2.75, 3.05) is 0 Å². The van der Waals surface area contributed by atoms with Gasteiger partial charge in [0.25, 0.3) is 0 Å². The Bertz CT molecular complexity index is 213. The summed E-state index contributed by atoms with van der Waals surface area (Å²) in [7, 11) is 0. The normalized spacial score (nSPS) is 38.5. The number of nitriles is 2. The fourth-order valence-corrected chi connectivity index (χ4v) is 1.56. The SMILES string of the molecule is N#CC1CCCC1(Cl)C#N. The zero-order chi connectivity index (χ0) is 7.61. The number of rotatable bonds is 0. The van der Waals surface area contributed by atoms with Gasteiger partial charge in [-0.05, 0) is 19.3 Å². The first-order valence-corrected chi connectivity index (χ1v) is 3.60. The van der Waals surface area contributed by atoms with Crippen molar-refractivity contribution in [3.05, 3.63) is 0 Å². The highest BCUT2D eigenvalue weighted by Gasteiger charge is 2.41. The van der Waals surface area contributed by atoms with E-state index in [1.165, 1.54) is 0 Å². The number of halogens is 1. The first kappa shape index (κ1) is 7.38. The molecule has 0 N–H and O–H groups in total. The molecule has 2 nitrogen and oxygen atoms in total. The Morgan fingerprint density at radius 1 is 1.50 bits per heavy atom. The molecule has 1 saturated carbocycles. The van der Waals surface area contributed by atoms with Gasteiger partial charge in [0.05, 0.1) is 18.1 Å². The summed E-state index contributed by atoms with van der Waals surface area (Å²) in [5, 5.41) is 17.1. The Balaban J connectivity index is 2.80. The molecule has 2 unspecified atom stereocenters. The zero-order valence-corrected chi connectivity index (χ0v) is 6.23. The lowest BCUT2D eigenvalue weighted by molar-refractivity contribution is 0.618. The fourth-order valence-electron chi connectivity index (χ4n) is 1.27. The van der Waals surface area contributed by atoms with Gasteiger partial charge in [-0.15, -0.1) is 11.6 Å². The van der Waals surface area contributed by atoms with E-state index in [-0.39, 0.29) is 5.92 Å². The molecule has 52 valence electrons. The molecule has 1 aliphatic rings. The molecule has 0 aromatic heterocycles. The molecule has 0 saturated heterocycles. The van der Waals surface area contributed by atoms with Gasteiger partial charge in [-0.3, -0.25) is 0 Å². The fraction of sp³-hybridized carbons (Fsp3) is 0.714. The molecular weight excluding hydrogens is 148 g/mol. The number of hydrogen-bond donors (Lipinski definition) is 0. The predicted molar refractivity (Wildman–Crippen MR) is 37.2 cm³/mol. The molecule has 0 radical (unpaired) electrons. The Labute approximate surface area is 65.0 Å². The van der Waals surface area contributed by atoms with Crippen LogP contribution in [0.3, 0.4) is 0 Å². The molecular formula is C7H7ClN2. The van der Waals surface area contributed by atoms with E-state index >= 15 is 0 Å². The molecule has 0 aromatic carbocycles. The summed E-state index contributed by atoms with van der Waals surface area (Å²) in [6.07, 6.45) is 2.33. The van der Waals surface area contributed by atoms with E-state index in [9.17, 15) is 0 Å². The molecule has 0 aromatic rings. The van der Waals surface area contributed by atoms with Gasteiger partial charge >= 0.3 is 0 Å². The van der Waals surface area contributed by atoms with Gasteiger partial charge in [0.1, 0.15) is 4.87 Å². The maximum atomic E-state index is 8.59. The van der Waals surface area contributed by atoms with E-state index in [0.29, 0.717) is 6.42 Å². The van der Waals surface area contributed by atoms with E-state index in [0.717, 1.165) is 12.8 Å². The summed E-state index contributed by atoms with van der Waals surface area (Å²) in [6.45, 7) is 0. The number of alkyl halides is 1. The molecule has 0 aliphatic heterocycles. The molecule has 1 rings (SSSR count). The molecule has 3 heteroatoms. The quantitative estimate of drug-likeness (QED) is 0.500. The highest BCUT2D eigenvalue weighted by atomic mass is 35.5. The molecule has 0 spiro atoms.